The fourth-order valence-electron chi connectivity index (χ4n) is 4.21. The minimum Gasteiger partial charge on any atom is -0.344 e. The van der Waals surface area contributed by atoms with Gasteiger partial charge in [0.15, 0.2) is 0 Å². The van der Waals surface area contributed by atoms with Gasteiger partial charge in [-0.15, -0.1) is 0 Å². The number of likely N-dealkylation sites (tertiary alicyclic amines) is 1. The number of nitro groups is 1. The van der Waals surface area contributed by atoms with Crippen molar-refractivity contribution in [1.82, 2.24) is 10.2 Å². The standard InChI is InChI=1S/C25H25N3O3/c29-25(26-23(19-10-3-1-4-11-19)20-12-5-2-6-13-20)24(27-16-7-8-17-27)21-14-9-15-22(18-21)28(30)31/h1-6,9-15,18,23-24H,7-8,16-17H2,(H,26,29). The molecule has 0 aliphatic carbocycles. The van der Waals surface area contributed by atoms with Gasteiger partial charge in [-0.1, -0.05) is 72.8 Å². The van der Waals surface area contributed by atoms with Gasteiger partial charge < -0.3 is 5.32 Å². The van der Waals surface area contributed by atoms with Crippen LogP contribution in [0.5, 0.6) is 0 Å². The summed E-state index contributed by atoms with van der Waals surface area (Å²) in [5.74, 6) is -0.153. The molecular weight excluding hydrogens is 390 g/mol. The molecule has 3 aromatic carbocycles. The zero-order chi connectivity index (χ0) is 21.6. The maximum atomic E-state index is 13.6. The number of rotatable bonds is 7. The van der Waals surface area contributed by atoms with E-state index in [0.717, 1.165) is 37.1 Å². The zero-order valence-electron chi connectivity index (χ0n) is 17.2. The number of amides is 1. The van der Waals surface area contributed by atoms with Gasteiger partial charge in [0.1, 0.15) is 6.04 Å². The van der Waals surface area contributed by atoms with Crippen LogP contribution in [0, 0.1) is 10.1 Å². The van der Waals surface area contributed by atoms with E-state index in [1.165, 1.54) is 12.1 Å². The molecule has 0 aromatic heterocycles. The highest BCUT2D eigenvalue weighted by atomic mass is 16.6. The zero-order valence-corrected chi connectivity index (χ0v) is 17.2. The van der Waals surface area contributed by atoms with Gasteiger partial charge >= 0.3 is 0 Å². The highest BCUT2D eigenvalue weighted by molar-refractivity contribution is 5.84. The average Bonchev–Trinajstić information content (AvgIpc) is 3.33. The molecule has 3 aromatic rings. The van der Waals surface area contributed by atoms with Gasteiger partial charge in [-0.2, -0.15) is 0 Å². The summed E-state index contributed by atoms with van der Waals surface area (Å²) in [7, 11) is 0. The molecule has 1 heterocycles. The van der Waals surface area contributed by atoms with E-state index in [0.29, 0.717) is 5.56 Å². The van der Waals surface area contributed by atoms with Crippen LogP contribution in [0.25, 0.3) is 0 Å². The SMILES string of the molecule is O=C(NC(c1ccccc1)c1ccccc1)C(c1cccc([N+](=O)[O-])c1)N1CCCC1. The molecule has 6 heteroatoms. The lowest BCUT2D eigenvalue weighted by Gasteiger charge is -2.29. The molecule has 31 heavy (non-hydrogen) atoms. The Labute approximate surface area is 181 Å². The third-order valence-corrected chi connectivity index (χ3v) is 5.70. The first-order chi connectivity index (χ1) is 15.1. The molecular formula is C25H25N3O3. The molecule has 158 valence electrons. The highest BCUT2D eigenvalue weighted by Gasteiger charge is 2.32. The molecule has 1 aliphatic heterocycles. The molecule has 1 aliphatic rings. The highest BCUT2D eigenvalue weighted by Crippen LogP contribution is 2.30. The summed E-state index contributed by atoms with van der Waals surface area (Å²) < 4.78 is 0. The van der Waals surface area contributed by atoms with Crippen LogP contribution >= 0.6 is 0 Å². The fraction of sp³-hybridized carbons (Fsp3) is 0.240. The Morgan fingerprint density at radius 2 is 1.39 bits per heavy atom. The van der Waals surface area contributed by atoms with Gasteiger partial charge in [0.25, 0.3) is 5.69 Å². The van der Waals surface area contributed by atoms with Crippen molar-refractivity contribution in [1.29, 1.82) is 0 Å². The summed E-state index contributed by atoms with van der Waals surface area (Å²) in [4.78, 5) is 26.6. The van der Waals surface area contributed by atoms with Crippen LogP contribution in [0.2, 0.25) is 0 Å². The minimum absolute atomic E-state index is 0.00262. The van der Waals surface area contributed by atoms with E-state index < -0.39 is 11.0 Å². The third-order valence-electron chi connectivity index (χ3n) is 5.70. The Bertz CT molecular complexity index is 995. The lowest BCUT2D eigenvalue weighted by atomic mass is 9.97. The van der Waals surface area contributed by atoms with Crippen LogP contribution in [-0.2, 0) is 4.79 Å². The summed E-state index contributed by atoms with van der Waals surface area (Å²) in [5, 5.41) is 14.5. The Morgan fingerprint density at radius 1 is 0.839 bits per heavy atom. The van der Waals surface area contributed by atoms with Gasteiger partial charge in [-0.25, -0.2) is 0 Å². The summed E-state index contributed by atoms with van der Waals surface area (Å²) in [5.41, 5.74) is 2.62. The Morgan fingerprint density at radius 3 is 1.94 bits per heavy atom. The van der Waals surface area contributed by atoms with Crippen molar-refractivity contribution in [2.45, 2.75) is 24.9 Å². The molecule has 1 N–H and O–H groups in total. The van der Waals surface area contributed by atoms with Crippen LogP contribution in [0.1, 0.15) is 41.6 Å². The monoisotopic (exact) mass is 415 g/mol. The maximum Gasteiger partial charge on any atom is 0.269 e. The summed E-state index contributed by atoms with van der Waals surface area (Å²) in [6.07, 6.45) is 2.03. The van der Waals surface area contributed by atoms with E-state index in [-0.39, 0.29) is 17.6 Å². The van der Waals surface area contributed by atoms with Crippen molar-refractivity contribution in [3.8, 4) is 0 Å². The lowest BCUT2D eigenvalue weighted by molar-refractivity contribution is -0.384. The van der Waals surface area contributed by atoms with Crippen LogP contribution in [0.4, 0.5) is 5.69 Å². The van der Waals surface area contributed by atoms with Crippen LogP contribution in [0.15, 0.2) is 84.9 Å². The second kappa shape index (κ2) is 9.53. The van der Waals surface area contributed by atoms with E-state index >= 15 is 0 Å². The molecule has 0 saturated carbocycles. The fourth-order valence-corrected chi connectivity index (χ4v) is 4.21. The Hall–Kier alpha value is -3.51. The number of non-ortho nitro benzene ring substituents is 1. The molecule has 0 radical (unpaired) electrons. The smallest absolute Gasteiger partial charge is 0.269 e. The molecule has 0 spiro atoms. The molecule has 1 amide bonds. The molecule has 4 rings (SSSR count). The van der Waals surface area contributed by atoms with Gasteiger partial charge in [-0.05, 0) is 42.6 Å². The van der Waals surface area contributed by atoms with E-state index in [2.05, 4.69) is 10.2 Å². The minimum atomic E-state index is -0.572. The van der Waals surface area contributed by atoms with Gasteiger partial charge in [0.2, 0.25) is 5.91 Å². The first-order valence-electron chi connectivity index (χ1n) is 10.5. The number of hydrogen-bond donors (Lipinski definition) is 1. The number of benzene rings is 3. The van der Waals surface area contributed by atoms with Crippen molar-refractivity contribution in [3.63, 3.8) is 0 Å². The van der Waals surface area contributed by atoms with E-state index in [1.54, 1.807) is 12.1 Å². The summed E-state index contributed by atoms with van der Waals surface area (Å²) in [6.45, 7) is 1.59. The predicted molar refractivity (Wildman–Crippen MR) is 120 cm³/mol. The second-order valence-electron chi connectivity index (χ2n) is 7.76. The van der Waals surface area contributed by atoms with Crippen molar-refractivity contribution in [2.24, 2.45) is 0 Å². The van der Waals surface area contributed by atoms with Crippen LogP contribution in [-0.4, -0.2) is 28.8 Å². The number of nitrogens with one attached hydrogen (secondary N) is 1. The molecule has 1 atom stereocenters. The summed E-state index contributed by atoms with van der Waals surface area (Å²) in [6, 6.07) is 25.2. The molecule has 1 fully saturated rings. The van der Waals surface area contributed by atoms with Crippen molar-refractivity contribution in [2.75, 3.05) is 13.1 Å². The van der Waals surface area contributed by atoms with E-state index in [4.69, 9.17) is 0 Å². The first kappa shape index (κ1) is 20.8. The topological polar surface area (TPSA) is 75.5 Å². The third kappa shape index (κ3) is 4.81. The number of nitro benzene ring substituents is 1. The number of carbonyl (C=O) groups excluding carboxylic acids is 1. The van der Waals surface area contributed by atoms with E-state index in [9.17, 15) is 14.9 Å². The van der Waals surface area contributed by atoms with Crippen molar-refractivity contribution >= 4 is 11.6 Å². The average molecular weight is 415 g/mol. The van der Waals surface area contributed by atoms with Crippen molar-refractivity contribution < 1.29 is 9.72 Å². The number of nitrogens with zero attached hydrogens (tertiary/aromatic N) is 2. The molecule has 0 bridgehead atoms. The lowest BCUT2D eigenvalue weighted by Crippen LogP contribution is -2.41. The molecule has 1 saturated heterocycles. The normalized spacial score (nSPS) is 15.0. The quantitative estimate of drug-likeness (QED) is 0.451. The second-order valence-corrected chi connectivity index (χ2v) is 7.76. The first-order valence-corrected chi connectivity index (χ1v) is 10.5. The summed E-state index contributed by atoms with van der Waals surface area (Å²) >= 11 is 0. The predicted octanol–water partition coefficient (Wildman–Crippen LogP) is 4.64. The molecule has 1 unspecified atom stereocenters. The largest absolute Gasteiger partial charge is 0.344 e. The molecule has 6 nitrogen and oxygen atoms in total. The maximum absolute atomic E-state index is 13.6. The van der Waals surface area contributed by atoms with Gasteiger partial charge in [-0.3, -0.25) is 19.8 Å². The van der Waals surface area contributed by atoms with Crippen LogP contribution in [0.3, 0.4) is 0 Å². The van der Waals surface area contributed by atoms with E-state index in [1.807, 2.05) is 60.7 Å². The number of hydrogen-bond acceptors (Lipinski definition) is 4. The van der Waals surface area contributed by atoms with Crippen molar-refractivity contribution in [3.05, 3.63) is 112 Å². The Balaban J connectivity index is 1.69. The van der Waals surface area contributed by atoms with Gasteiger partial charge in [0.05, 0.1) is 11.0 Å². The van der Waals surface area contributed by atoms with Gasteiger partial charge in [0, 0.05) is 12.1 Å². The van der Waals surface area contributed by atoms with Crippen LogP contribution < -0.4 is 5.32 Å². The number of carbonyl (C=O) groups is 1. The Kier molecular flexibility index (Phi) is 6.38.